The van der Waals surface area contributed by atoms with E-state index in [1.54, 1.807) is 29.0 Å². The number of nitrogens with zero attached hydrogens (tertiary/aromatic N) is 5. The van der Waals surface area contributed by atoms with E-state index in [1.165, 1.54) is 4.90 Å². The van der Waals surface area contributed by atoms with Crippen molar-refractivity contribution in [3.63, 3.8) is 0 Å². The number of benzene rings is 2. The normalized spacial score (nSPS) is 16.5. The zero-order chi connectivity index (χ0) is 26.9. The molecule has 2 aliphatic rings. The summed E-state index contributed by atoms with van der Waals surface area (Å²) in [7, 11) is 1.69. The van der Waals surface area contributed by atoms with Gasteiger partial charge in [-0.25, -0.2) is 4.68 Å². The molecule has 6 rings (SSSR count). The summed E-state index contributed by atoms with van der Waals surface area (Å²) in [5, 5.41) is 5.00. The van der Waals surface area contributed by atoms with Crippen LogP contribution in [0.1, 0.15) is 32.7 Å². The Hall–Kier alpha value is -4.61. The predicted molar refractivity (Wildman–Crippen MR) is 147 cm³/mol. The molecule has 2 amide bonds. The molecule has 194 valence electrons. The Morgan fingerprint density at radius 1 is 1.03 bits per heavy atom. The van der Waals surface area contributed by atoms with Crippen molar-refractivity contribution in [3.05, 3.63) is 106 Å². The van der Waals surface area contributed by atoms with Crippen LogP contribution in [0.4, 0.5) is 5.69 Å². The standard InChI is InChI=1S/C30H24ClN5O3/c1-34-24-10-9-21(8-7-20-11-14-32-15-12-20)17-26(24)39-19-25(29(34)37)35-16-13-23-27(30(35)38)33-36(28(23)31)18-22-5-3-2-4-6-22/h2-6,9-12,14-15,17,25H,13,16,18-19H2,1H3. The summed E-state index contributed by atoms with van der Waals surface area (Å²) in [5.74, 6) is 6.22. The number of fused-ring (bicyclic) bond motifs is 2. The number of amides is 2. The Balaban J connectivity index is 1.23. The largest absolute Gasteiger partial charge is 0.489 e. The molecule has 1 atom stereocenters. The lowest BCUT2D eigenvalue weighted by Crippen LogP contribution is -2.54. The smallest absolute Gasteiger partial charge is 0.275 e. The van der Waals surface area contributed by atoms with Crippen molar-refractivity contribution in [2.24, 2.45) is 0 Å². The monoisotopic (exact) mass is 537 g/mol. The lowest BCUT2D eigenvalue weighted by atomic mass is 10.0. The van der Waals surface area contributed by atoms with Gasteiger partial charge in [-0.2, -0.15) is 5.10 Å². The number of likely N-dealkylation sites (N-methyl/N-ethyl adjacent to an activating group) is 1. The minimum absolute atomic E-state index is 0.0247. The number of pyridine rings is 1. The maximum atomic E-state index is 13.6. The highest BCUT2D eigenvalue weighted by Crippen LogP contribution is 2.34. The number of anilines is 1. The average molecular weight is 538 g/mol. The van der Waals surface area contributed by atoms with Crippen molar-refractivity contribution < 1.29 is 14.3 Å². The maximum Gasteiger partial charge on any atom is 0.275 e. The molecule has 2 aromatic carbocycles. The summed E-state index contributed by atoms with van der Waals surface area (Å²) in [4.78, 5) is 34.2. The first kappa shape index (κ1) is 24.7. The van der Waals surface area contributed by atoms with Crippen LogP contribution in [0.15, 0.2) is 73.1 Å². The van der Waals surface area contributed by atoms with Gasteiger partial charge in [0.05, 0.1) is 12.2 Å². The Morgan fingerprint density at radius 2 is 1.79 bits per heavy atom. The van der Waals surface area contributed by atoms with Gasteiger partial charge in [0.1, 0.15) is 23.6 Å². The number of ether oxygens (including phenoxy) is 1. The van der Waals surface area contributed by atoms with Gasteiger partial charge < -0.3 is 14.5 Å². The van der Waals surface area contributed by atoms with Gasteiger partial charge in [-0.3, -0.25) is 14.6 Å². The number of aromatic nitrogens is 3. The zero-order valence-corrected chi connectivity index (χ0v) is 21.9. The van der Waals surface area contributed by atoms with Crippen molar-refractivity contribution in [2.45, 2.75) is 19.0 Å². The van der Waals surface area contributed by atoms with E-state index in [9.17, 15) is 9.59 Å². The molecule has 0 spiro atoms. The van der Waals surface area contributed by atoms with Crippen molar-refractivity contribution in [1.29, 1.82) is 0 Å². The van der Waals surface area contributed by atoms with Gasteiger partial charge >= 0.3 is 0 Å². The molecule has 0 saturated heterocycles. The van der Waals surface area contributed by atoms with Gasteiger partial charge in [-0.05, 0) is 42.3 Å². The van der Waals surface area contributed by atoms with Gasteiger partial charge in [-0.15, -0.1) is 0 Å². The fraction of sp³-hybridized carbons (Fsp3) is 0.200. The highest BCUT2D eigenvalue weighted by atomic mass is 35.5. The minimum Gasteiger partial charge on any atom is -0.489 e. The van der Waals surface area contributed by atoms with E-state index in [0.29, 0.717) is 41.7 Å². The first-order valence-electron chi connectivity index (χ1n) is 12.6. The van der Waals surface area contributed by atoms with Crippen LogP contribution in [0.5, 0.6) is 5.75 Å². The van der Waals surface area contributed by atoms with Crippen LogP contribution in [0.2, 0.25) is 5.15 Å². The van der Waals surface area contributed by atoms with Crippen LogP contribution in [0.3, 0.4) is 0 Å². The van der Waals surface area contributed by atoms with Gasteiger partial charge in [0.25, 0.3) is 11.8 Å². The quantitative estimate of drug-likeness (QED) is 0.371. The van der Waals surface area contributed by atoms with Gasteiger partial charge in [0, 0.05) is 42.7 Å². The molecular formula is C30H24ClN5O3. The molecule has 0 bridgehead atoms. The fourth-order valence-corrected chi connectivity index (χ4v) is 5.15. The van der Waals surface area contributed by atoms with E-state index in [1.807, 2.05) is 60.7 Å². The number of rotatable bonds is 3. The second-order valence-corrected chi connectivity index (χ2v) is 9.76. The SMILES string of the molecule is CN1C(=O)C(N2CCc3c(nn(Cc4ccccc4)c3Cl)C2=O)COc2cc(C#Cc3ccncc3)ccc21. The average Bonchev–Trinajstić information content (AvgIpc) is 3.22. The summed E-state index contributed by atoms with van der Waals surface area (Å²) in [6.07, 6.45) is 3.89. The minimum atomic E-state index is -0.799. The number of halogens is 1. The van der Waals surface area contributed by atoms with E-state index in [2.05, 4.69) is 21.9 Å². The molecule has 1 unspecified atom stereocenters. The molecule has 4 aromatic rings. The van der Waals surface area contributed by atoms with E-state index < -0.39 is 6.04 Å². The highest BCUT2D eigenvalue weighted by Gasteiger charge is 2.40. The molecule has 0 N–H and O–H groups in total. The van der Waals surface area contributed by atoms with Crippen LogP contribution in [-0.4, -0.2) is 57.7 Å². The van der Waals surface area contributed by atoms with E-state index in [-0.39, 0.29) is 24.1 Å². The van der Waals surface area contributed by atoms with Crippen molar-refractivity contribution in [3.8, 4) is 17.6 Å². The molecular weight excluding hydrogens is 514 g/mol. The lowest BCUT2D eigenvalue weighted by molar-refractivity contribution is -0.123. The molecule has 39 heavy (non-hydrogen) atoms. The van der Waals surface area contributed by atoms with Crippen LogP contribution in [-0.2, 0) is 17.8 Å². The Morgan fingerprint density at radius 3 is 2.59 bits per heavy atom. The molecule has 8 nitrogen and oxygen atoms in total. The number of hydrogen-bond donors (Lipinski definition) is 0. The van der Waals surface area contributed by atoms with Crippen molar-refractivity contribution in [2.75, 3.05) is 25.1 Å². The molecule has 9 heteroatoms. The first-order chi connectivity index (χ1) is 19.0. The molecule has 0 radical (unpaired) electrons. The summed E-state index contributed by atoms with van der Waals surface area (Å²) >= 11 is 6.63. The second-order valence-electron chi connectivity index (χ2n) is 9.40. The van der Waals surface area contributed by atoms with E-state index in [4.69, 9.17) is 16.3 Å². The van der Waals surface area contributed by atoms with Crippen LogP contribution in [0, 0.1) is 11.8 Å². The molecule has 4 heterocycles. The first-order valence-corrected chi connectivity index (χ1v) is 12.9. The van der Waals surface area contributed by atoms with Gasteiger partial charge in [0.15, 0.2) is 5.69 Å². The van der Waals surface area contributed by atoms with Gasteiger partial charge in [0.2, 0.25) is 0 Å². The molecule has 0 saturated carbocycles. The van der Waals surface area contributed by atoms with Gasteiger partial charge in [-0.1, -0.05) is 53.8 Å². The number of carbonyl (C=O) groups is 2. The summed E-state index contributed by atoms with van der Waals surface area (Å²) in [6.45, 7) is 0.821. The summed E-state index contributed by atoms with van der Waals surface area (Å²) in [6, 6.07) is 18.2. The molecule has 2 aromatic heterocycles. The van der Waals surface area contributed by atoms with Crippen molar-refractivity contribution in [1.82, 2.24) is 19.7 Å². The van der Waals surface area contributed by atoms with Crippen LogP contribution >= 0.6 is 11.6 Å². The van der Waals surface area contributed by atoms with Crippen molar-refractivity contribution >= 4 is 29.1 Å². The second kappa shape index (κ2) is 10.3. The topological polar surface area (TPSA) is 80.6 Å². The number of carbonyl (C=O) groups excluding carboxylic acids is 2. The Bertz CT molecular complexity index is 1630. The molecule has 0 aliphatic carbocycles. The third-order valence-corrected chi connectivity index (χ3v) is 7.39. The number of hydrogen-bond acceptors (Lipinski definition) is 5. The van der Waals surface area contributed by atoms with E-state index >= 15 is 0 Å². The fourth-order valence-electron chi connectivity index (χ4n) is 4.87. The van der Waals surface area contributed by atoms with Crippen LogP contribution in [0.25, 0.3) is 0 Å². The molecule has 2 aliphatic heterocycles. The summed E-state index contributed by atoms with van der Waals surface area (Å²) < 4.78 is 7.75. The predicted octanol–water partition coefficient (Wildman–Crippen LogP) is 3.80. The third-order valence-electron chi connectivity index (χ3n) is 6.96. The van der Waals surface area contributed by atoms with Crippen LogP contribution < -0.4 is 9.64 Å². The Kier molecular flexibility index (Phi) is 6.51. The zero-order valence-electron chi connectivity index (χ0n) is 21.2. The highest BCUT2D eigenvalue weighted by molar-refractivity contribution is 6.31. The van der Waals surface area contributed by atoms with E-state index in [0.717, 1.165) is 16.7 Å². The third kappa shape index (κ3) is 4.73. The Labute approximate surface area is 230 Å². The molecule has 0 fully saturated rings. The lowest BCUT2D eigenvalue weighted by Gasteiger charge is -2.33. The summed E-state index contributed by atoms with van der Waals surface area (Å²) in [5.41, 5.74) is 4.25. The maximum absolute atomic E-state index is 13.6.